The number of nitrogens with one attached hydrogen (secondary N) is 1. The number of hydrogen-bond donors (Lipinski definition) is 2. The van der Waals surface area contributed by atoms with Gasteiger partial charge in [0.05, 0.1) is 25.0 Å². The smallest absolute Gasteiger partial charge is 0.255 e. The van der Waals surface area contributed by atoms with Gasteiger partial charge in [-0.15, -0.1) is 0 Å². The lowest BCUT2D eigenvalue weighted by atomic mass is 10.2. The Morgan fingerprint density at radius 3 is 3.06 bits per heavy atom. The van der Waals surface area contributed by atoms with Crippen LogP contribution in [0.4, 0.5) is 0 Å². The topological polar surface area (TPSA) is 71.5 Å². The van der Waals surface area contributed by atoms with E-state index in [-0.39, 0.29) is 17.2 Å². The Morgan fingerprint density at radius 2 is 2.38 bits per heavy atom. The third-order valence-electron chi connectivity index (χ3n) is 1.80. The number of nitrogens with zero attached hydrogens (tertiary/aromatic N) is 1. The zero-order valence-electron chi connectivity index (χ0n) is 8.65. The van der Waals surface area contributed by atoms with Gasteiger partial charge in [-0.25, -0.2) is 0 Å². The van der Waals surface area contributed by atoms with Crippen LogP contribution in [0.5, 0.6) is 5.75 Å². The monoisotopic (exact) mass is 288 g/mol. The number of alkyl halides is 1. The number of pyridine rings is 1. The van der Waals surface area contributed by atoms with Crippen LogP contribution in [0.1, 0.15) is 10.4 Å². The summed E-state index contributed by atoms with van der Waals surface area (Å²) in [5, 5.41) is 12.8. The highest BCUT2D eigenvalue weighted by Gasteiger charge is 2.09. The molecule has 1 heterocycles. The molecule has 16 heavy (non-hydrogen) atoms. The number of amides is 1. The van der Waals surface area contributed by atoms with E-state index in [4.69, 9.17) is 4.74 Å². The van der Waals surface area contributed by atoms with Gasteiger partial charge in [-0.05, 0) is 6.07 Å². The summed E-state index contributed by atoms with van der Waals surface area (Å²) in [5.74, 6) is -0.455. The molecule has 1 rings (SSSR count). The fraction of sp³-hybridized carbons (Fsp3) is 0.400. The summed E-state index contributed by atoms with van der Waals surface area (Å²) < 4.78 is 5.16. The molecule has 1 amide bonds. The van der Waals surface area contributed by atoms with Gasteiger partial charge in [-0.3, -0.25) is 9.78 Å². The number of aromatic hydroxyl groups is 1. The minimum Gasteiger partial charge on any atom is -0.505 e. The van der Waals surface area contributed by atoms with Crippen molar-refractivity contribution in [3.63, 3.8) is 0 Å². The number of ether oxygens (including phenoxy) is 1. The summed E-state index contributed by atoms with van der Waals surface area (Å²) in [4.78, 5) is 15.2. The Balaban J connectivity index is 2.33. The van der Waals surface area contributed by atoms with Crippen molar-refractivity contribution in [3.05, 3.63) is 24.0 Å². The van der Waals surface area contributed by atoms with Crippen LogP contribution in [0.15, 0.2) is 18.5 Å². The number of carbonyl (C=O) groups is 1. The molecule has 1 aromatic heterocycles. The average Bonchev–Trinajstić information content (AvgIpc) is 2.29. The molecule has 0 aromatic carbocycles. The summed E-state index contributed by atoms with van der Waals surface area (Å²) in [6.07, 6.45) is 2.69. The van der Waals surface area contributed by atoms with Crippen molar-refractivity contribution >= 4 is 21.8 Å². The van der Waals surface area contributed by atoms with Gasteiger partial charge in [0.15, 0.2) is 0 Å². The zero-order valence-corrected chi connectivity index (χ0v) is 10.2. The fourth-order valence-corrected chi connectivity index (χ4v) is 1.30. The Kier molecular flexibility index (Phi) is 5.81. The number of hydrogen-bond acceptors (Lipinski definition) is 4. The van der Waals surface area contributed by atoms with Crippen molar-refractivity contribution in [1.82, 2.24) is 10.3 Å². The van der Waals surface area contributed by atoms with E-state index in [1.807, 2.05) is 0 Å². The van der Waals surface area contributed by atoms with Crippen molar-refractivity contribution in [2.24, 2.45) is 0 Å². The van der Waals surface area contributed by atoms with Crippen LogP contribution in [-0.4, -0.2) is 41.1 Å². The van der Waals surface area contributed by atoms with Gasteiger partial charge in [0, 0.05) is 18.1 Å². The van der Waals surface area contributed by atoms with Gasteiger partial charge >= 0.3 is 0 Å². The summed E-state index contributed by atoms with van der Waals surface area (Å²) in [5.41, 5.74) is 0.218. The summed E-state index contributed by atoms with van der Waals surface area (Å²) in [6.45, 7) is 1.47. The first-order valence-electron chi connectivity index (χ1n) is 4.80. The molecule has 0 saturated heterocycles. The minimum absolute atomic E-state index is 0.124. The Labute approximate surface area is 102 Å². The largest absolute Gasteiger partial charge is 0.505 e. The van der Waals surface area contributed by atoms with Crippen LogP contribution >= 0.6 is 15.9 Å². The minimum atomic E-state index is -0.331. The maximum atomic E-state index is 11.5. The van der Waals surface area contributed by atoms with Gasteiger partial charge in [-0.2, -0.15) is 0 Å². The lowest BCUT2D eigenvalue weighted by molar-refractivity contribution is 0.0921. The Morgan fingerprint density at radius 1 is 1.56 bits per heavy atom. The van der Waals surface area contributed by atoms with Gasteiger partial charge in [0.2, 0.25) is 0 Å². The fourth-order valence-electron chi connectivity index (χ4n) is 1.07. The SMILES string of the molecule is O=C(NCCOCCBr)c1ccncc1O. The van der Waals surface area contributed by atoms with Crippen LogP contribution in [0, 0.1) is 0 Å². The molecule has 0 bridgehead atoms. The van der Waals surface area contributed by atoms with E-state index in [1.165, 1.54) is 18.5 Å². The van der Waals surface area contributed by atoms with Crippen LogP contribution in [0.3, 0.4) is 0 Å². The van der Waals surface area contributed by atoms with E-state index in [2.05, 4.69) is 26.2 Å². The van der Waals surface area contributed by atoms with Crippen LogP contribution in [-0.2, 0) is 4.74 Å². The van der Waals surface area contributed by atoms with Gasteiger partial charge in [-0.1, -0.05) is 15.9 Å². The van der Waals surface area contributed by atoms with E-state index in [0.717, 1.165) is 5.33 Å². The molecule has 0 aliphatic carbocycles. The van der Waals surface area contributed by atoms with E-state index in [0.29, 0.717) is 19.8 Å². The molecular weight excluding hydrogens is 276 g/mol. The Hall–Kier alpha value is -1.14. The highest BCUT2D eigenvalue weighted by atomic mass is 79.9. The van der Waals surface area contributed by atoms with Crippen molar-refractivity contribution in [1.29, 1.82) is 0 Å². The molecule has 5 nitrogen and oxygen atoms in total. The molecule has 0 fully saturated rings. The predicted octanol–water partition coefficient (Wildman–Crippen LogP) is 0.928. The molecule has 0 spiro atoms. The van der Waals surface area contributed by atoms with Crippen molar-refractivity contribution in [2.75, 3.05) is 25.1 Å². The van der Waals surface area contributed by atoms with E-state index < -0.39 is 0 Å². The maximum Gasteiger partial charge on any atom is 0.255 e. The molecule has 0 saturated carbocycles. The lowest BCUT2D eigenvalue weighted by Gasteiger charge is -2.06. The summed E-state index contributed by atoms with van der Waals surface area (Å²) in [7, 11) is 0. The van der Waals surface area contributed by atoms with E-state index in [9.17, 15) is 9.90 Å². The van der Waals surface area contributed by atoms with Crippen molar-refractivity contribution in [3.8, 4) is 5.75 Å². The first-order valence-corrected chi connectivity index (χ1v) is 5.92. The van der Waals surface area contributed by atoms with E-state index in [1.54, 1.807) is 0 Å². The lowest BCUT2D eigenvalue weighted by Crippen LogP contribution is -2.27. The molecule has 0 aliphatic heterocycles. The first-order chi connectivity index (χ1) is 7.75. The maximum absolute atomic E-state index is 11.5. The molecule has 1 aromatic rings. The number of halogens is 1. The third kappa shape index (κ3) is 4.16. The van der Waals surface area contributed by atoms with Gasteiger partial charge in [0.1, 0.15) is 5.75 Å². The molecular formula is C10H13BrN2O3. The standard InChI is InChI=1S/C10H13BrN2O3/c11-2-5-16-6-4-13-10(15)8-1-3-12-7-9(8)14/h1,3,7,14H,2,4-6H2,(H,13,15). The van der Waals surface area contributed by atoms with Crippen molar-refractivity contribution < 1.29 is 14.6 Å². The quantitative estimate of drug-likeness (QED) is 0.603. The summed E-state index contributed by atoms with van der Waals surface area (Å²) in [6, 6.07) is 1.46. The second kappa shape index (κ2) is 7.19. The second-order valence-corrected chi connectivity index (χ2v) is 3.74. The zero-order chi connectivity index (χ0) is 11.8. The number of aromatic nitrogens is 1. The third-order valence-corrected chi connectivity index (χ3v) is 2.12. The first kappa shape index (κ1) is 12.9. The average molecular weight is 289 g/mol. The highest BCUT2D eigenvalue weighted by Crippen LogP contribution is 2.12. The number of carbonyl (C=O) groups excluding carboxylic acids is 1. The second-order valence-electron chi connectivity index (χ2n) is 2.95. The molecule has 0 unspecified atom stereocenters. The van der Waals surface area contributed by atoms with Crippen LogP contribution in [0.25, 0.3) is 0 Å². The number of rotatable bonds is 6. The van der Waals surface area contributed by atoms with E-state index >= 15 is 0 Å². The molecule has 0 aliphatic rings. The normalized spacial score (nSPS) is 10.1. The van der Waals surface area contributed by atoms with Gasteiger partial charge in [0.25, 0.3) is 5.91 Å². The Bertz CT molecular complexity index is 347. The summed E-state index contributed by atoms with van der Waals surface area (Å²) >= 11 is 3.22. The predicted molar refractivity (Wildman–Crippen MR) is 62.8 cm³/mol. The van der Waals surface area contributed by atoms with Gasteiger partial charge < -0.3 is 15.2 Å². The van der Waals surface area contributed by atoms with Crippen LogP contribution < -0.4 is 5.32 Å². The molecule has 88 valence electrons. The van der Waals surface area contributed by atoms with Crippen molar-refractivity contribution in [2.45, 2.75) is 0 Å². The highest BCUT2D eigenvalue weighted by molar-refractivity contribution is 9.09. The molecule has 6 heteroatoms. The molecule has 0 atom stereocenters. The molecule has 2 N–H and O–H groups in total. The molecule has 0 radical (unpaired) electrons. The van der Waals surface area contributed by atoms with Crippen LogP contribution in [0.2, 0.25) is 0 Å².